The van der Waals surface area contributed by atoms with Crippen LogP contribution in [0.4, 0.5) is 25.1 Å². The van der Waals surface area contributed by atoms with E-state index in [1.54, 1.807) is 11.1 Å². The summed E-state index contributed by atoms with van der Waals surface area (Å²) in [6.45, 7) is 4.18. The molecule has 6 nitrogen and oxygen atoms in total. The molecule has 0 spiro atoms. The van der Waals surface area contributed by atoms with Crippen LogP contribution >= 0.6 is 0 Å². The lowest BCUT2D eigenvalue weighted by atomic mass is 10.2. The number of aromatic nitrogens is 2. The first-order valence-corrected chi connectivity index (χ1v) is 7.58. The minimum absolute atomic E-state index is 0.213. The van der Waals surface area contributed by atoms with E-state index >= 15 is 0 Å². The number of hydrogen-bond acceptors (Lipinski definition) is 4. The second-order valence-corrected chi connectivity index (χ2v) is 5.56. The Bertz CT molecular complexity index is 747. The lowest BCUT2D eigenvalue weighted by molar-refractivity contribution is 0.208. The molecule has 1 fully saturated rings. The molecule has 0 bridgehead atoms. The number of nitrogens with one attached hydrogen (secondary N) is 1. The van der Waals surface area contributed by atoms with Gasteiger partial charge in [0, 0.05) is 38.6 Å². The molecule has 2 amide bonds. The van der Waals surface area contributed by atoms with Gasteiger partial charge in [-0.05, 0) is 30.7 Å². The molecule has 24 heavy (non-hydrogen) atoms. The Morgan fingerprint density at radius 3 is 2.54 bits per heavy atom. The molecule has 2 aromatic rings. The highest BCUT2D eigenvalue weighted by molar-refractivity contribution is 5.89. The number of anilines is 2. The first kappa shape index (κ1) is 16.1. The zero-order valence-corrected chi connectivity index (χ0v) is 13.2. The molecule has 0 aliphatic carbocycles. The molecule has 1 aliphatic heterocycles. The molecule has 1 saturated heterocycles. The molecule has 0 aromatic carbocycles. The molecule has 0 radical (unpaired) electrons. The van der Waals surface area contributed by atoms with E-state index in [2.05, 4.69) is 20.2 Å². The molecule has 1 N–H and O–H groups in total. The molecule has 1 aliphatic rings. The Morgan fingerprint density at radius 2 is 1.83 bits per heavy atom. The maximum absolute atomic E-state index is 13.6. The summed E-state index contributed by atoms with van der Waals surface area (Å²) in [5.74, 6) is -1.52. The minimum Gasteiger partial charge on any atom is -0.353 e. The fourth-order valence-electron chi connectivity index (χ4n) is 2.54. The highest BCUT2D eigenvalue weighted by atomic mass is 19.2. The molecule has 0 unspecified atom stereocenters. The van der Waals surface area contributed by atoms with Crippen molar-refractivity contribution in [1.29, 1.82) is 0 Å². The van der Waals surface area contributed by atoms with Gasteiger partial charge in [-0.2, -0.15) is 8.78 Å². The van der Waals surface area contributed by atoms with Gasteiger partial charge in [0.15, 0.2) is 0 Å². The van der Waals surface area contributed by atoms with Gasteiger partial charge in [0.2, 0.25) is 5.82 Å². The van der Waals surface area contributed by atoms with E-state index in [-0.39, 0.29) is 5.69 Å². The lowest BCUT2D eigenvalue weighted by Gasteiger charge is -2.35. The second-order valence-electron chi connectivity index (χ2n) is 5.56. The van der Waals surface area contributed by atoms with E-state index < -0.39 is 17.8 Å². The smallest absolute Gasteiger partial charge is 0.322 e. The third kappa shape index (κ3) is 3.42. The third-order valence-corrected chi connectivity index (χ3v) is 3.88. The van der Waals surface area contributed by atoms with E-state index in [0.29, 0.717) is 26.2 Å². The van der Waals surface area contributed by atoms with Crippen molar-refractivity contribution in [2.75, 3.05) is 36.4 Å². The number of hydrogen-bond donors (Lipinski definition) is 1. The monoisotopic (exact) mass is 333 g/mol. The molecule has 8 heteroatoms. The number of halogens is 2. The van der Waals surface area contributed by atoms with Crippen LogP contribution < -0.4 is 10.2 Å². The summed E-state index contributed by atoms with van der Waals surface area (Å²) in [4.78, 5) is 23.4. The molecular formula is C16H17F2N5O. The predicted molar refractivity (Wildman–Crippen MR) is 85.9 cm³/mol. The fourth-order valence-corrected chi connectivity index (χ4v) is 2.54. The van der Waals surface area contributed by atoms with Gasteiger partial charge in [-0.25, -0.2) is 14.8 Å². The molecule has 0 saturated carbocycles. The summed E-state index contributed by atoms with van der Waals surface area (Å²) in [5.41, 5.74) is 0.908. The lowest BCUT2D eigenvalue weighted by Crippen LogP contribution is -2.50. The van der Waals surface area contributed by atoms with Crippen molar-refractivity contribution in [3.63, 3.8) is 0 Å². The van der Waals surface area contributed by atoms with E-state index in [1.807, 2.05) is 19.1 Å². The maximum Gasteiger partial charge on any atom is 0.322 e. The zero-order chi connectivity index (χ0) is 17.1. The average molecular weight is 333 g/mol. The number of pyridine rings is 2. The summed E-state index contributed by atoms with van der Waals surface area (Å²) >= 11 is 0. The number of aryl methyl sites for hydroxylation is 1. The molecule has 126 valence electrons. The third-order valence-electron chi connectivity index (χ3n) is 3.88. The summed E-state index contributed by atoms with van der Waals surface area (Å²) in [5, 5.41) is 2.38. The van der Waals surface area contributed by atoms with Crippen LogP contribution in [0.5, 0.6) is 0 Å². The Labute approximate surface area is 138 Å². The van der Waals surface area contributed by atoms with Gasteiger partial charge in [-0.15, -0.1) is 0 Å². The average Bonchev–Trinajstić information content (AvgIpc) is 2.59. The molecule has 2 aromatic heterocycles. The first-order valence-electron chi connectivity index (χ1n) is 7.58. The molecular weight excluding hydrogens is 316 g/mol. The number of carbonyl (C=O) groups excluding carboxylic acids is 1. The Morgan fingerprint density at radius 1 is 1.12 bits per heavy atom. The van der Waals surface area contributed by atoms with Gasteiger partial charge in [-0.1, -0.05) is 0 Å². The SMILES string of the molecule is Cc1ccnc(N2CCN(C(=O)Nc3ccnc(F)c3F)CC2)c1. The van der Waals surface area contributed by atoms with E-state index in [0.717, 1.165) is 17.6 Å². The largest absolute Gasteiger partial charge is 0.353 e. The Balaban J connectivity index is 1.60. The Kier molecular flexibility index (Phi) is 4.54. The van der Waals surface area contributed by atoms with Crippen molar-refractivity contribution >= 4 is 17.5 Å². The minimum atomic E-state index is -1.23. The fraction of sp³-hybridized carbons (Fsp3) is 0.312. The van der Waals surface area contributed by atoms with Crippen molar-refractivity contribution in [2.45, 2.75) is 6.92 Å². The highest BCUT2D eigenvalue weighted by Gasteiger charge is 2.23. The summed E-state index contributed by atoms with van der Waals surface area (Å²) < 4.78 is 26.6. The van der Waals surface area contributed by atoms with E-state index in [9.17, 15) is 13.6 Å². The van der Waals surface area contributed by atoms with Crippen LogP contribution in [0.15, 0.2) is 30.6 Å². The van der Waals surface area contributed by atoms with Crippen molar-refractivity contribution < 1.29 is 13.6 Å². The number of piperazine rings is 1. The number of carbonyl (C=O) groups is 1. The van der Waals surface area contributed by atoms with Crippen LogP contribution in [0, 0.1) is 18.7 Å². The van der Waals surface area contributed by atoms with E-state index in [4.69, 9.17) is 0 Å². The number of urea groups is 1. The number of amides is 2. The molecule has 3 heterocycles. The zero-order valence-electron chi connectivity index (χ0n) is 13.2. The Hall–Kier alpha value is -2.77. The number of nitrogens with zero attached hydrogens (tertiary/aromatic N) is 4. The van der Waals surface area contributed by atoms with Gasteiger partial charge < -0.3 is 15.1 Å². The van der Waals surface area contributed by atoms with Crippen LogP contribution in [0.2, 0.25) is 0 Å². The number of rotatable bonds is 2. The van der Waals surface area contributed by atoms with Crippen LogP contribution in [-0.2, 0) is 0 Å². The topological polar surface area (TPSA) is 61.4 Å². The van der Waals surface area contributed by atoms with Crippen molar-refractivity contribution in [3.05, 3.63) is 47.9 Å². The molecule has 3 rings (SSSR count). The van der Waals surface area contributed by atoms with E-state index in [1.165, 1.54) is 6.07 Å². The predicted octanol–water partition coefficient (Wildman–Crippen LogP) is 2.42. The standard InChI is InChI=1S/C16H17F2N5O/c1-11-2-4-19-13(10-11)22-6-8-23(9-7-22)16(24)21-12-3-5-20-15(18)14(12)17/h2-5,10H,6-9H2,1H3,(H,20,21,24). The van der Waals surface area contributed by atoms with Crippen LogP contribution in [0.1, 0.15) is 5.56 Å². The summed E-state index contributed by atoms with van der Waals surface area (Å²) in [6, 6.07) is 4.68. The maximum atomic E-state index is 13.6. The van der Waals surface area contributed by atoms with Gasteiger partial charge in [0.05, 0.1) is 5.69 Å². The van der Waals surface area contributed by atoms with Crippen molar-refractivity contribution in [3.8, 4) is 0 Å². The summed E-state index contributed by atoms with van der Waals surface area (Å²) in [7, 11) is 0. The van der Waals surface area contributed by atoms with Crippen molar-refractivity contribution in [2.24, 2.45) is 0 Å². The van der Waals surface area contributed by atoms with Crippen LogP contribution in [-0.4, -0.2) is 47.1 Å². The van der Waals surface area contributed by atoms with Gasteiger partial charge in [0.1, 0.15) is 5.82 Å². The van der Waals surface area contributed by atoms with Crippen LogP contribution in [0.3, 0.4) is 0 Å². The second kappa shape index (κ2) is 6.77. The summed E-state index contributed by atoms with van der Waals surface area (Å²) in [6.07, 6.45) is 2.86. The molecule has 0 atom stereocenters. The van der Waals surface area contributed by atoms with Gasteiger partial charge in [0.25, 0.3) is 5.95 Å². The quantitative estimate of drug-likeness (QED) is 0.858. The first-order chi connectivity index (χ1) is 11.5. The highest BCUT2D eigenvalue weighted by Crippen LogP contribution is 2.17. The van der Waals surface area contributed by atoms with Crippen molar-refractivity contribution in [1.82, 2.24) is 14.9 Å². The van der Waals surface area contributed by atoms with Crippen LogP contribution in [0.25, 0.3) is 0 Å². The van der Waals surface area contributed by atoms with Gasteiger partial charge in [-0.3, -0.25) is 0 Å². The van der Waals surface area contributed by atoms with Gasteiger partial charge >= 0.3 is 6.03 Å². The normalized spacial score (nSPS) is 14.6.